The summed E-state index contributed by atoms with van der Waals surface area (Å²) < 4.78 is 17.0. The molecule has 1 aliphatic carbocycles. The third kappa shape index (κ3) is 11.7. The van der Waals surface area contributed by atoms with Crippen LogP contribution in [0.5, 0.6) is 0 Å². The molecular weight excluding hydrogens is 678 g/mol. The fraction of sp³-hybridized carbons (Fsp3) is 0.725. The Morgan fingerprint density at radius 2 is 1.57 bits per heavy atom. The van der Waals surface area contributed by atoms with Crippen LogP contribution in [0.15, 0.2) is 30.3 Å². The molecule has 0 unspecified atom stereocenters. The first-order chi connectivity index (χ1) is 25.0. The van der Waals surface area contributed by atoms with Crippen LogP contribution in [0, 0.1) is 17.8 Å². The SMILES string of the molecule is COC(=O)[C@H](Cc1ccccc1)NC(=O)[C@H](C)[C@@H](OC)[C@@H]1CCCN1C(=O)C[C@@H](OC)[C@H](C1CCCCC1)N(C)C(=O)[C@@H](NC(=O)C(C)(C)N)C(C)C. The van der Waals surface area contributed by atoms with E-state index in [1.807, 2.05) is 44.2 Å². The molecular formula is C40H65N5O8. The molecule has 1 saturated heterocycles. The number of rotatable bonds is 18. The highest BCUT2D eigenvalue weighted by Gasteiger charge is 2.44. The van der Waals surface area contributed by atoms with E-state index in [4.69, 9.17) is 19.9 Å². The lowest BCUT2D eigenvalue weighted by atomic mass is 9.80. The quantitative estimate of drug-likeness (QED) is 0.191. The van der Waals surface area contributed by atoms with Gasteiger partial charge in [-0.05, 0) is 56.9 Å². The number of hydrogen-bond acceptors (Lipinski definition) is 9. The lowest BCUT2D eigenvalue weighted by Crippen LogP contribution is -2.61. The van der Waals surface area contributed by atoms with E-state index in [-0.39, 0.29) is 48.4 Å². The van der Waals surface area contributed by atoms with Crippen molar-refractivity contribution < 1.29 is 38.2 Å². The van der Waals surface area contributed by atoms with Gasteiger partial charge in [0.2, 0.25) is 23.6 Å². The van der Waals surface area contributed by atoms with Crippen molar-refractivity contribution in [1.82, 2.24) is 20.4 Å². The average molecular weight is 744 g/mol. The first-order valence-electron chi connectivity index (χ1n) is 19.2. The van der Waals surface area contributed by atoms with E-state index in [0.29, 0.717) is 13.0 Å². The summed E-state index contributed by atoms with van der Waals surface area (Å²) in [4.78, 5) is 71.2. The van der Waals surface area contributed by atoms with Crippen LogP contribution >= 0.6 is 0 Å². The Bertz CT molecular complexity index is 1360. The van der Waals surface area contributed by atoms with E-state index in [1.165, 1.54) is 14.2 Å². The minimum Gasteiger partial charge on any atom is -0.467 e. The van der Waals surface area contributed by atoms with Crippen molar-refractivity contribution in [3.05, 3.63) is 35.9 Å². The molecule has 0 aromatic heterocycles. The number of nitrogens with zero attached hydrogens (tertiary/aromatic N) is 2. The molecule has 0 bridgehead atoms. The maximum Gasteiger partial charge on any atom is 0.328 e. The van der Waals surface area contributed by atoms with Crippen molar-refractivity contribution in [3.8, 4) is 0 Å². The monoisotopic (exact) mass is 743 g/mol. The van der Waals surface area contributed by atoms with Gasteiger partial charge in [0.05, 0.1) is 49.3 Å². The van der Waals surface area contributed by atoms with Gasteiger partial charge in [-0.15, -0.1) is 0 Å². The second-order valence-electron chi connectivity index (χ2n) is 15.8. The van der Waals surface area contributed by atoms with Gasteiger partial charge in [0.1, 0.15) is 12.1 Å². The van der Waals surface area contributed by atoms with Crippen molar-refractivity contribution in [2.45, 2.75) is 134 Å². The molecule has 13 heteroatoms. The molecule has 1 aliphatic heterocycles. The van der Waals surface area contributed by atoms with Gasteiger partial charge in [0, 0.05) is 34.2 Å². The molecule has 0 radical (unpaired) electrons. The topological polar surface area (TPSA) is 170 Å². The normalized spacial score (nSPS) is 20.1. The Balaban J connectivity index is 1.81. The third-order valence-corrected chi connectivity index (χ3v) is 11.1. The number of amides is 4. The van der Waals surface area contributed by atoms with E-state index < -0.39 is 53.7 Å². The number of methoxy groups -OCH3 is 3. The zero-order valence-corrected chi connectivity index (χ0v) is 33.4. The smallest absolute Gasteiger partial charge is 0.328 e. The Morgan fingerprint density at radius 3 is 2.11 bits per heavy atom. The van der Waals surface area contributed by atoms with Gasteiger partial charge in [-0.2, -0.15) is 0 Å². The Kier molecular flexibility index (Phi) is 16.7. The molecule has 4 amide bonds. The van der Waals surface area contributed by atoms with Crippen LogP contribution in [0.1, 0.15) is 91.5 Å². The minimum atomic E-state index is -1.16. The van der Waals surface area contributed by atoms with Crippen LogP contribution < -0.4 is 16.4 Å². The summed E-state index contributed by atoms with van der Waals surface area (Å²) in [6, 6.07) is 6.89. The zero-order chi connectivity index (χ0) is 39.5. The highest BCUT2D eigenvalue weighted by atomic mass is 16.5. The summed E-state index contributed by atoms with van der Waals surface area (Å²) in [5, 5.41) is 5.73. The van der Waals surface area contributed by atoms with Crippen LogP contribution in [0.4, 0.5) is 0 Å². The number of ether oxygens (including phenoxy) is 3. The molecule has 1 aromatic rings. The van der Waals surface area contributed by atoms with E-state index >= 15 is 0 Å². The Hall–Kier alpha value is -3.55. The molecule has 298 valence electrons. The van der Waals surface area contributed by atoms with Gasteiger partial charge in [-0.25, -0.2) is 4.79 Å². The summed E-state index contributed by atoms with van der Waals surface area (Å²) in [6.45, 7) is 9.20. The van der Waals surface area contributed by atoms with Crippen molar-refractivity contribution in [2.24, 2.45) is 23.5 Å². The average Bonchev–Trinajstić information content (AvgIpc) is 3.62. The summed E-state index contributed by atoms with van der Waals surface area (Å²) >= 11 is 0. The number of likely N-dealkylation sites (tertiary alicyclic amines) is 1. The zero-order valence-electron chi connectivity index (χ0n) is 33.4. The Labute approximate surface area is 316 Å². The number of likely N-dealkylation sites (N-methyl/N-ethyl adjacent to an activating group) is 1. The minimum absolute atomic E-state index is 0.0266. The van der Waals surface area contributed by atoms with Gasteiger partial charge in [-0.1, -0.05) is 70.4 Å². The first kappa shape index (κ1) is 43.9. The van der Waals surface area contributed by atoms with Crippen molar-refractivity contribution in [3.63, 3.8) is 0 Å². The van der Waals surface area contributed by atoms with E-state index in [1.54, 1.807) is 44.7 Å². The predicted octanol–water partition coefficient (Wildman–Crippen LogP) is 3.22. The summed E-state index contributed by atoms with van der Waals surface area (Å²) in [5.74, 6) is -2.54. The van der Waals surface area contributed by atoms with Gasteiger partial charge in [0.25, 0.3) is 0 Å². The number of benzene rings is 1. The van der Waals surface area contributed by atoms with Gasteiger partial charge in [0.15, 0.2) is 0 Å². The van der Waals surface area contributed by atoms with Crippen molar-refractivity contribution in [2.75, 3.05) is 34.9 Å². The number of nitrogens with one attached hydrogen (secondary N) is 2. The number of carbonyl (C=O) groups excluding carboxylic acids is 5. The molecule has 7 atom stereocenters. The molecule has 1 saturated carbocycles. The molecule has 13 nitrogen and oxygen atoms in total. The predicted molar refractivity (Wildman–Crippen MR) is 202 cm³/mol. The molecule has 0 spiro atoms. The standard InChI is InChI=1S/C40H65N5O8/c1-25(2)33(43-39(50)40(4,5)41)37(48)44(6)34(28-19-14-11-15-20-28)31(51-7)24-32(46)45-22-16-21-30(45)35(52-8)26(3)36(47)42-29(38(49)53-9)23-27-17-12-10-13-18-27/h10,12-13,17-18,25-26,28-31,33-35H,11,14-16,19-24,41H2,1-9H3,(H,42,47)(H,43,50)/t26-,29+,30+,31-,33+,34+,35-/m1/s1. The van der Waals surface area contributed by atoms with Crippen LogP contribution in [0.25, 0.3) is 0 Å². The van der Waals surface area contributed by atoms with Crippen LogP contribution in [-0.4, -0.2) is 116 Å². The fourth-order valence-electron chi connectivity index (χ4n) is 7.96. The van der Waals surface area contributed by atoms with E-state index in [2.05, 4.69) is 10.6 Å². The van der Waals surface area contributed by atoms with Crippen LogP contribution in [0.2, 0.25) is 0 Å². The number of hydrogen-bond donors (Lipinski definition) is 3. The second-order valence-corrected chi connectivity index (χ2v) is 15.8. The molecule has 3 rings (SSSR count). The number of esters is 1. The second kappa shape index (κ2) is 20.2. The lowest BCUT2D eigenvalue weighted by Gasteiger charge is -2.43. The molecule has 53 heavy (non-hydrogen) atoms. The van der Waals surface area contributed by atoms with Crippen LogP contribution in [-0.2, 0) is 44.6 Å². The molecule has 4 N–H and O–H groups in total. The van der Waals surface area contributed by atoms with Gasteiger partial charge in [-0.3, -0.25) is 19.2 Å². The maximum absolute atomic E-state index is 14.3. The van der Waals surface area contributed by atoms with Gasteiger partial charge < -0.3 is 40.4 Å². The van der Waals surface area contributed by atoms with Crippen LogP contribution in [0.3, 0.4) is 0 Å². The molecule has 2 aliphatic rings. The van der Waals surface area contributed by atoms with E-state index in [9.17, 15) is 24.0 Å². The van der Waals surface area contributed by atoms with Crippen molar-refractivity contribution in [1.29, 1.82) is 0 Å². The fourth-order valence-corrected chi connectivity index (χ4v) is 7.96. The highest BCUT2D eigenvalue weighted by molar-refractivity contribution is 5.92. The molecule has 1 heterocycles. The largest absolute Gasteiger partial charge is 0.467 e. The summed E-state index contributed by atoms with van der Waals surface area (Å²) in [7, 11) is 6.14. The van der Waals surface area contributed by atoms with E-state index in [0.717, 1.165) is 44.1 Å². The summed E-state index contributed by atoms with van der Waals surface area (Å²) in [6.07, 6.45) is 5.35. The number of nitrogens with two attached hydrogens (primary N) is 1. The Morgan fingerprint density at radius 1 is 0.925 bits per heavy atom. The van der Waals surface area contributed by atoms with Crippen molar-refractivity contribution >= 4 is 29.6 Å². The van der Waals surface area contributed by atoms with Gasteiger partial charge >= 0.3 is 5.97 Å². The summed E-state index contributed by atoms with van der Waals surface area (Å²) in [5.41, 5.74) is 5.78. The maximum atomic E-state index is 14.3. The molecule has 1 aromatic carbocycles. The number of carbonyl (C=O) groups is 5. The highest BCUT2D eigenvalue weighted by Crippen LogP contribution is 2.34. The lowest BCUT2D eigenvalue weighted by molar-refractivity contribution is -0.149. The first-order valence-corrected chi connectivity index (χ1v) is 19.2. The molecule has 2 fully saturated rings. The third-order valence-electron chi connectivity index (χ3n) is 11.1.